The number of benzene rings is 5. The van der Waals surface area contributed by atoms with Crippen LogP contribution in [0.2, 0.25) is 0 Å². The van der Waals surface area contributed by atoms with Gasteiger partial charge in [0.2, 0.25) is 0 Å². The lowest BCUT2D eigenvalue weighted by Crippen LogP contribution is -2.15. The van der Waals surface area contributed by atoms with Gasteiger partial charge in [0.05, 0.1) is 0 Å². The molecule has 0 unspecified atom stereocenters. The molecular formula is C39H31N3. The lowest BCUT2D eigenvalue weighted by molar-refractivity contribution is 0.660. The SMILES string of the molecule is CC1(C)c2ccccc2-c2ccc(-c3nc(-c4ccccc4)nc(-c4cccc5c4-c4ccccc4C5(C)C)n3)cc21. The van der Waals surface area contributed by atoms with Crippen molar-refractivity contribution < 1.29 is 0 Å². The maximum absolute atomic E-state index is 5.20. The molecule has 5 aromatic carbocycles. The molecule has 3 nitrogen and oxygen atoms in total. The second kappa shape index (κ2) is 8.80. The third kappa shape index (κ3) is 3.50. The molecule has 8 rings (SSSR count). The Morgan fingerprint density at radius 1 is 0.381 bits per heavy atom. The Balaban J connectivity index is 1.36. The van der Waals surface area contributed by atoms with Crippen LogP contribution >= 0.6 is 0 Å². The maximum Gasteiger partial charge on any atom is 0.164 e. The quantitative estimate of drug-likeness (QED) is 0.224. The number of hydrogen-bond donors (Lipinski definition) is 0. The number of rotatable bonds is 3. The van der Waals surface area contributed by atoms with Crippen molar-refractivity contribution >= 4 is 0 Å². The zero-order chi connectivity index (χ0) is 28.6. The van der Waals surface area contributed by atoms with Gasteiger partial charge in [-0.2, -0.15) is 0 Å². The smallest absolute Gasteiger partial charge is 0.164 e. The summed E-state index contributed by atoms with van der Waals surface area (Å²) in [5.74, 6) is 2.07. The van der Waals surface area contributed by atoms with Gasteiger partial charge >= 0.3 is 0 Å². The van der Waals surface area contributed by atoms with Crippen LogP contribution in [0.25, 0.3) is 56.4 Å². The van der Waals surface area contributed by atoms with E-state index in [2.05, 4.69) is 125 Å². The van der Waals surface area contributed by atoms with Crippen LogP contribution in [0.3, 0.4) is 0 Å². The summed E-state index contributed by atoms with van der Waals surface area (Å²) in [6.45, 7) is 9.23. The van der Waals surface area contributed by atoms with Crippen molar-refractivity contribution in [2.24, 2.45) is 0 Å². The molecule has 0 amide bonds. The van der Waals surface area contributed by atoms with Crippen LogP contribution in [0.4, 0.5) is 0 Å². The molecule has 0 N–H and O–H groups in total. The first kappa shape index (κ1) is 24.9. The number of nitrogens with zero attached hydrogens (tertiary/aromatic N) is 3. The van der Waals surface area contributed by atoms with E-state index in [1.165, 1.54) is 44.5 Å². The van der Waals surface area contributed by atoms with Crippen LogP contribution in [-0.2, 0) is 10.8 Å². The molecule has 0 saturated heterocycles. The summed E-state index contributed by atoms with van der Waals surface area (Å²) in [5, 5.41) is 0. The van der Waals surface area contributed by atoms with Crippen molar-refractivity contribution in [3.05, 3.63) is 138 Å². The van der Waals surface area contributed by atoms with E-state index in [-0.39, 0.29) is 10.8 Å². The molecule has 1 aromatic heterocycles. The van der Waals surface area contributed by atoms with Gasteiger partial charge in [-0.25, -0.2) is 15.0 Å². The lowest BCUT2D eigenvalue weighted by atomic mass is 9.82. The Labute approximate surface area is 247 Å². The molecule has 42 heavy (non-hydrogen) atoms. The summed E-state index contributed by atoms with van der Waals surface area (Å²) < 4.78 is 0. The predicted octanol–water partition coefficient (Wildman–Crippen LogP) is 9.49. The average molecular weight is 542 g/mol. The van der Waals surface area contributed by atoms with Crippen molar-refractivity contribution in [1.29, 1.82) is 0 Å². The van der Waals surface area contributed by atoms with Gasteiger partial charge in [-0.15, -0.1) is 0 Å². The highest BCUT2D eigenvalue weighted by Crippen LogP contribution is 2.52. The van der Waals surface area contributed by atoms with E-state index < -0.39 is 0 Å². The Bertz CT molecular complexity index is 2040. The normalized spacial score (nSPS) is 15.0. The molecule has 2 aliphatic rings. The van der Waals surface area contributed by atoms with Gasteiger partial charge in [0, 0.05) is 27.5 Å². The van der Waals surface area contributed by atoms with Crippen molar-refractivity contribution in [3.8, 4) is 56.4 Å². The average Bonchev–Trinajstić information content (AvgIpc) is 3.41. The lowest BCUT2D eigenvalue weighted by Gasteiger charge is -2.22. The van der Waals surface area contributed by atoms with Gasteiger partial charge in [0.15, 0.2) is 17.5 Å². The fourth-order valence-electron chi connectivity index (χ4n) is 7.13. The van der Waals surface area contributed by atoms with E-state index in [1.54, 1.807) is 0 Å². The molecule has 2 aliphatic carbocycles. The van der Waals surface area contributed by atoms with Crippen LogP contribution in [-0.4, -0.2) is 15.0 Å². The first-order chi connectivity index (χ1) is 20.3. The van der Waals surface area contributed by atoms with Gasteiger partial charge in [0.1, 0.15) is 0 Å². The van der Waals surface area contributed by atoms with Crippen LogP contribution < -0.4 is 0 Å². The first-order valence-electron chi connectivity index (χ1n) is 14.6. The third-order valence-electron chi connectivity index (χ3n) is 9.36. The summed E-state index contributed by atoms with van der Waals surface area (Å²) in [7, 11) is 0. The molecule has 0 bridgehead atoms. The van der Waals surface area contributed by atoms with Crippen LogP contribution in [0, 0.1) is 0 Å². The van der Waals surface area contributed by atoms with Crippen molar-refractivity contribution in [2.45, 2.75) is 38.5 Å². The molecule has 0 spiro atoms. The Morgan fingerprint density at radius 3 is 1.67 bits per heavy atom. The second-order valence-corrected chi connectivity index (χ2v) is 12.5. The standard InChI is InChI=1S/C39H31N3/c1-38(2)31-19-11-9-16-28(31)34-29(17-12-20-32(34)38)37-41-35(24-13-6-5-7-14-24)40-36(42-37)25-21-22-27-26-15-8-10-18-30(26)39(3,4)33(27)23-25/h5-23H,1-4H3. The fraction of sp³-hybridized carbons (Fsp3) is 0.154. The minimum atomic E-state index is -0.102. The zero-order valence-electron chi connectivity index (χ0n) is 24.3. The summed E-state index contributed by atoms with van der Waals surface area (Å²) in [4.78, 5) is 15.4. The minimum Gasteiger partial charge on any atom is -0.208 e. The number of hydrogen-bond acceptors (Lipinski definition) is 3. The molecule has 0 saturated carbocycles. The molecule has 0 radical (unpaired) electrons. The number of fused-ring (bicyclic) bond motifs is 6. The largest absolute Gasteiger partial charge is 0.208 e. The molecule has 0 atom stereocenters. The van der Waals surface area contributed by atoms with E-state index in [4.69, 9.17) is 15.0 Å². The Morgan fingerprint density at radius 2 is 0.905 bits per heavy atom. The van der Waals surface area contributed by atoms with Crippen molar-refractivity contribution in [1.82, 2.24) is 15.0 Å². The van der Waals surface area contributed by atoms with E-state index in [9.17, 15) is 0 Å². The molecule has 0 aliphatic heterocycles. The Hall–Kier alpha value is -4.89. The number of aromatic nitrogens is 3. The summed E-state index contributed by atoms with van der Waals surface area (Å²) >= 11 is 0. The highest BCUT2D eigenvalue weighted by Gasteiger charge is 2.38. The summed E-state index contributed by atoms with van der Waals surface area (Å²) in [5.41, 5.74) is 13.2. The van der Waals surface area contributed by atoms with Gasteiger partial charge in [-0.05, 0) is 50.6 Å². The topological polar surface area (TPSA) is 38.7 Å². The van der Waals surface area contributed by atoms with Crippen LogP contribution in [0.5, 0.6) is 0 Å². The second-order valence-electron chi connectivity index (χ2n) is 12.5. The van der Waals surface area contributed by atoms with Crippen molar-refractivity contribution in [2.75, 3.05) is 0 Å². The highest BCUT2D eigenvalue weighted by atomic mass is 15.0. The molecule has 6 aromatic rings. The van der Waals surface area contributed by atoms with Gasteiger partial charge in [0.25, 0.3) is 0 Å². The van der Waals surface area contributed by atoms with E-state index in [0.29, 0.717) is 17.5 Å². The van der Waals surface area contributed by atoms with Crippen LogP contribution in [0.1, 0.15) is 49.9 Å². The van der Waals surface area contributed by atoms with Crippen LogP contribution in [0.15, 0.2) is 115 Å². The van der Waals surface area contributed by atoms with E-state index in [1.807, 2.05) is 18.2 Å². The van der Waals surface area contributed by atoms with Gasteiger partial charge < -0.3 is 0 Å². The highest BCUT2D eigenvalue weighted by molar-refractivity contribution is 5.91. The molecule has 3 heteroatoms. The molecule has 202 valence electrons. The monoisotopic (exact) mass is 541 g/mol. The van der Waals surface area contributed by atoms with E-state index in [0.717, 1.165) is 16.7 Å². The first-order valence-corrected chi connectivity index (χ1v) is 14.6. The summed E-state index contributed by atoms with van der Waals surface area (Å²) in [6.07, 6.45) is 0. The third-order valence-corrected chi connectivity index (χ3v) is 9.36. The van der Waals surface area contributed by atoms with Gasteiger partial charge in [-0.1, -0.05) is 137 Å². The Kier molecular flexibility index (Phi) is 5.21. The fourth-order valence-corrected chi connectivity index (χ4v) is 7.13. The molecule has 0 fully saturated rings. The zero-order valence-corrected chi connectivity index (χ0v) is 24.3. The minimum absolute atomic E-state index is 0.0966. The van der Waals surface area contributed by atoms with Crippen molar-refractivity contribution in [3.63, 3.8) is 0 Å². The predicted molar refractivity (Wildman–Crippen MR) is 171 cm³/mol. The summed E-state index contributed by atoms with van der Waals surface area (Å²) in [6, 6.07) is 40.9. The van der Waals surface area contributed by atoms with E-state index >= 15 is 0 Å². The molecular weight excluding hydrogens is 510 g/mol. The van der Waals surface area contributed by atoms with Gasteiger partial charge in [-0.3, -0.25) is 0 Å². The molecule has 1 heterocycles. The maximum atomic E-state index is 5.20.